The molecule has 56 heavy (non-hydrogen) atoms. The maximum absolute atomic E-state index is 13.4. The Bertz CT molecular complexity index is 1460. The van der Waals surface area contributed by atoms with Gasteiger partial charge in [0.1, 0.15) is 12.2 Å². The Morgan fingerprint density at radius 1 is 0.946 bits per heavy atom. The number of nitrogens with zero attached hydrogens (tertiary/aromatic N) is 5. The third kappa shape index (κ3) is 12.7. The predicted molar refractivity (Wildman–Crippen MR) is 228 cm³/mol. The SMILES string of the molecule is CC[Si](CC)(CC)O[C@H]1CCN(c2nccc(C(C)/C=C/C=C(\C)[C@H]3OC(=O)CCCCC[C@@H](OC(=O)N4CCN(C5CCCCCC5)CC4)/C=C/[C@@H]3C)n2)C1. The lowest BCUT2D eigenvalue weighted by atomic mass is 9.95. The van der Waals surface area contributed by atoms with Gasteiger partial charge in [-0.05, 0) is 81.3 Å². The molecule has 5 rings (SSSR count). The molecule has 4 heterocycles. The van der Waals surface area contributed by atoms with Crippen molar-refractivity contribution in [2.24, 2.45) is 5.92 Å². The molecule has 312 valence electrons. The van der Waals surface area contributed by atoms with E-state index in [4.69, 9.17) is 18.9 Å². The van der Waals surface area contributed by atoms with E-state index < -0.39 is 14.4 Å². The predicted octanol–water partition coefficient (Wildman–Crippen LogP) is 9.60. The number of rotatable bonds is 12. The molecule has 0 radical (unpaired) electrons. The average Bonchev–Trinajstić information content (AvgIpc) is 3.51. The molecule has 0 aromatic carbocycles. The average molecular weight is 792 g/mol. The van der Waals surface area contributed by atoms with Crippen LogP contribution in [0.1, 0.15) is 130 Å². The molecule has 2 saturated heterocycles. The second-order valence-corrected chi connectivity index (χ2v) is 21.7. The Labute approximate surface area is 339 Å². The van der Waals surface area contributed by atoms with Gasteiger partial charge in [-0.25, -0.2) is 14.8 Å². The van der Waals surface area contributed by atoms with Crippen LogP contribution in [0.3, 0.4) is 0 Å². The highest BCUT2D eigenvalue weighted by atomic mass is 28.4. The van der Waals surface area contributed by atoms with Crippen molar-refractivity contribution in [2.45, 2.75) is 167 Å². The Morgan fingerprint density at radius 3 is 2.36 bits per heavy atom. The number of ether oxygens (including phenoxy) is 2. The van der Waals surface area contributed by atoms with Gasteiger partial charge in [0.2, 0.25) is 5.95 Å². The molecule has 1 saturated carbocycles. The normalized spacial score (nSPS) is 27.0. The summed E-state index contributed by atoms with van der Waals surface area (Å²) in [5, 5.41) is 0. The first kappa shape index (κ1) is 44.1. The van der Waals surface area contributed by atoms with Crippen LogP contribution in [0.15, 0.2) is 48.2 Å². The summed E-state index contributed by atoms with van der Waals surface area (Å²) < 4.78 is 19.0. The fourth-order valence-electron chi connectivity index (χ4n) is 8.99. The summed E-state index contributed by atoms with van der Waals surface area (Å²) in [5.74, 6) is 0.584. The maximum atomic E-state index is 13.4. The van der Waals surface area contributed by atoms with Crippen LogP contribution in [-0.2, 0) is 18.7 Å². The largest absolute Gasteiger partial charge is 0.457 e. The van der Waals surface area contributed by atoms with Crippen molar-refractivity contribution in [1.82, 2.24) is 19.8 Å². The molecular weight excluding hydrogens is 719 g/mol. The van der Waals surface area contributed by atoms with Crippen LogP contribution in [0, 0.1) is 5.92 Å². The fraction of sp³-hybridized carbons (Fsp3) is 0.733. The molecule has 1 aliphatic carbocycles. The number of amides is 1. The number of carbonyl (C=O) groups is 2. The van der Waals surface area contributed by atoms with Crippen molar-refractivity contribution in [3.05, 3.63) is 53.9 Å². The van der Waals surface area contributed by atoms with Crippen LogP contribution in [0.25, 0.3) is 0 Å². The molecular formula is C45H73N5O5Si. The van der Waals surface area contributed by atoms with E-state index in [2.05, 4.69) is 61.6 Å². The number of hydrogen-bond donors (Lipinski definition) is 0. The van der Waals surface area contributed by atoms with Gasteiger partial charge in [-0.1, -0.05) is 91.0 Å². The summed E-state index contributed by atoms with van der Waals surface area (Å²) in [6, 6.07) is 6.14. The van der Waals surface area contributed by atoms with E-state index in [9.17, 15) is 9.59 Å². The van der Waals surface area contributed by atoms with Crippen molar-refractivity contribution in [3.63, 3.8) is 0 Å². The molecule has 1 aromatic rings. The lowest BCUT2D eigenvalue weighted by Crippen LogP contribution is -2.52. The van der Waals surface area contributed by atoms with E-state index in [-0.39, 0.29) is 36.1 Å². The van der Waals surface area contributed by atoms with E-state index in [0.29, 0.717) is 12.5 Å². The second-order valence-electron chi connectivity index (χ2n) is 16.9. The quantitative estimate of drug-likeness (QED) is 0.0674. The summed E-state index contributed by atoms with van der Waals surface area (Å²) in [5.41, 5.74) is 1.94. The van der Waals surface area contributed by atoms with Gasteiger partial charge in [-0.3, -0.25) is 9.69 Å². The summed E-state index contributed by atoms with van der Waals surface area (Å²) in [6.07, 6.45) is 24.1. The van der Waals surface area contributed by atoms with Crippen molar-refractivity contribution >= 4 is 26.3 Å². The molecule has 1 amide bonds. The molecule has 0 bridgehead atoms. The van der Waals surface area contributed by atoms with Crippen LogP contribution >= 0.6 is 0 Å². The summed E-state index contributed by atoms with van der Waals surface area (Å²) in [4.78, 5) is 42.7. The zero-order chi connectivity index (χ0) is 39.9. The monoisotopic (exact) mass is 792 g/mol. The molecule has 1 unspecified atom stereocenters. The molecule has 5 atom stereocenters. The number of piperazine rings is 1. The van der Waals surface area contributed by atoms with E-state index >= 15 is 0 Å². The zero-order valence-corrected chi connectivity index (χ0v) is 36.6. The van der Waals surface area contributed by atoms with Crippen molar-refractivity contribution < 1.29 is 23.5 Å². The highest BCUT2D eigenvalue weighted by Crippen LogP contribution is 2.29. The van der Waals surface area contributed by atoms with E-state index in [0.717, 1.165) is 107 Å². The van der Waals surface area contributed by atoms with Crippen LogP contribution in [-0.4, -0.2) is 104 Å². The highest BCUT2D eigenvalue weighted by Gasteiger charge is 2.35. The summed E-state index contributed by atoms with van der Waals surface area (Å²) >= 11 is 0. The molecule has 11 heteroatoms. The van der Waals surface area contributed by atoms with Gasteiger partial charge in [0, 0.05) is 69.8 Å². The number of cyclic esters (lactones) is 1. The van der Waals surface area contributed by atoms with Gasteiger partial charge >= 0.3 is 12.1 Å². The van der Waals surface area contributed by atoms with Crippen molar-refractivity contribution in [3.8, 4) is 0 Å². The number of esters is 1. The standard InChI is InChI=1S/C45H73N5O5Si/c1-7-56(8-2,9-3)55-40-27-29-50(34-40)44-46-28-26-41(47-44)35(4)18-17-19-36(5)43-37(6)24-25-39(22-15-12-16-23-42(51)54-43)53-45(52)49-32-30-48(31-33-49)38-20-13-10-11-14-21-38/h17-19,24-26,28,35,37-40,43H,7-16,20-23,27,29-34H2,1-6H3/b18-17+,25-24+,36-19+/t35?,37-,39+,40-,43+/m0/s1. The second kappa shape index (κ2) is 22.2. The molecule has 3 aliphatic heterocycles. The summed E-state index contributed by atoms with van der Waals surface area (Å²) in [6.45, 7) is 18.2. The lowest BCUT2D eigenvalue weighted by Gasteiger charge is -2.39. The molecule has 0 N–H and O–H groups in total. The minimum absolute atomic E-state index is 0.0715. The first-order chi connectivity index (χ1) is 27.1. The van der Waals surface area contributed by atoms with Gasteiger partial charge < -0.3 is 23.7 Å². The topological polar surface area (TPSA) is 97.3 Å². The first-order valence-corrected chi connectivity index (χ1v) is 24.8. The van der Waals surface area contributed by atoms with E-state index in [1.54, 1.807) is 0 Å². The maximum Gasteiger partial charge on any atom is 0.410 e. The van der Waals surface area contributed by atoms with Crippen molar-refractivity contribution in [2.75, 3.05) is 44.2 Å². The molecule has 10 nitrogen and oxygen atoms in total. The Hall–Kier alpha value is -3.02. The smallest absolute Gasteiger partial charge is 0.410 e. The van der Waals surface area contributed by atoms with Crippen molar-refractivity contribution in [1.29, 1.82) is 0 Å². The van der Waals surface area contributed by atoms with Gasteiger partial charge in [0.05, 0.1) is 11.8 Å². The Morgan fingerprint density at radius 2 is 1.64 bits per heavy atom. The molecule has 3 fully saturated rings. The fourth-order valence-corrected chi connectivity index (χ4v) is 11.9. The number of carbonyl (C=O) groups excluding carboxylic acids is 2. The number of hydrogen-bond acceptors (Lipinski definition) is 9. The number of aromatic nitrogens is 2. The Kier molecular flexibility index (Phi) is 17.5. The van der Waals surface area contributed by atoms with E-state index in [1.165, 1.54) is 38.5 Å². The molecule has 4 aliphatic rings. The Balaban J connectivity index is 1.17. The van der Waals surface area contributed by atoms with Gasteiger partial charge in [-0.2, -0.15) is 0 Å². The van der Waals surface area contributed by atoms with Crippen LogP contribution < -0.4 is 4.90 Å². The highest BCUT2D eigenvalue weighted by molar-refractivity contribution is 6.73. The van der Waals surface area contributed by atoms with Crippen LogP contribution in [0.2, 0.25) is 18.1 Å². The van der Waals surface area contributed by atoms with Gasteiger partial charge in [0.25, 0.3) is 0 Å². The lowest BCUT2D eigenvalue weighted by molar-refractivity contribution is -0.148. The van der Waals surface area contributed by atoms with Gasteiger partial charge in [-0.15, -0.1) is 0 Å². The van der Waals surface area contributed by atoms with E-state index in [1.807, 2.05) is 42.3 Å². The molecule has 1 aromatic heterocycles. The van der Waals surface area contributed by atoms with Gasteiger partial charge in [0.15, 0.2) is 8.32 Å². The molecule has 0 spiro atoms. The van der Waals surface area contributed by atoms with Crippen LogP contribution in [0.4, 0.5) is 10.7 Å². The third-order valence-corrected chi connectivity index (χ3v) is 17.7. The first-order valence-electron chi connectivity index (χ1n) is 22.3. The van der Waals surface area contributed by atoms with Crippen LogP contribution in [0.5, 0.6) is 0 Å². The minimum Gasteiger partial charge on any atom is -0.457 e. The number of anilines is 1. The minimum atomic E-state index is -1.66. The third-order valence-electron chi connectivity index (χ3n) is 13.0. The zero-order valence-electron chi connectivity index (χ0n) is 35.6. The summed E-state index contributed by atoms with van der Waals surface area (Å²) in [7, 11) is -1.66. The number of allylic oxidation sites excluding steroid dienone is 3.